The number of rotatable bonds is 12. The van der Waals surface area contributed by atoms with E-state index in [9.17, 15) is 36.0 Å². The average molecular weight is 637 g/mol. The van der Waals surface area contributed by atoms with Gasteiger partial charge in [-0.3, -0.25) is 4.79 Å². The van der Waals surface area contributed by atoms with Gasteiger partial charge in [-0.15, -0.1) is 13.2 Å². The van der Waals surface area contributed by atoms with Crippen LogP contribution in [0.1, 0.15) is 28.6 Å². The Bertz CT molecular complexity index is 1850. The lowest BCUT2D eigenvalue weighted by Crippen LogP contribution is -2.39. The number of hydrogen-bond acceptors (Lipinski definition) is 5. The number of amides is 1. The number of imidazole rings is 1. The Balaban J connectivity index is 1.82. The molecule has 0 spiro atoms. The van der Waals surface area contributed by atoms with Crippen LogP contribution in [-0.2, 0) is 27.2 Å². The van der Waals surface area contributed by atoms with Gasteiger partial charge >= 0.3 is 6.18 Å². The molecular formula is C33H28F4N4O3S. The predicted molar refractivity (Wildman–Crippen MR) is 162 cm³/mol. The molecule has 1 heterocycles. The number of aromatic nitrogens is 2. The number of nitriles is 1. The molecule has 0 bridgehead atoms. The second-order valence-corrected chi connectivity index (χ2v) is 12.3. The maximum Gasteiger partial charge on any atom is 0.419 e. The van der Waals surface area contributed by atoms with Crippen molar-refractivity contribution < 1.29 is 30.8 Å². The van der Waals surface area contributed by atoms with E-state index in [2.05, 4.69) is 13.2 Å². The first kappa shape index (κ1) is 32.9. The van der Waals surface area contributed by atoms with Crippen LogP contribution in [0.25, 0.3) is 16.9 Å². The van der Waals surface area contributed by atoms with Crippen LogP contribution in [0.4, 0.5) is 17.6 Å². The van der Waals surface area contributed by atoms with Gasteiger partial charge < -0.3 is 9.47 Å². The SMILES string of the molecule is C=CCS(=O)(=O)CCN(C(=O)Cc1ccc(F)c(C(F)(F)F)c1)[C@H](C=C)c1nc(-c2ccccc2)cn1-c1ccc(C#N)cc1. The lowest BCUT2D eigenvalue weighted by atomic mass is 10.1. The smallest absolute Gasteiger partial charge is 0.328 e. The summed E-state index contributed by atoms with van der Waals surface area (Å²) < 4.78 is 81.1. The third kappa shape index (κ3) is 7.93. The minimum Gasteiger partial charge on any atom is -0.328 e. The highest BCUT2D eigenvalue weighted by atomic mass is 32.2. The number of halogens is 4. The van der Waals surface area contributed by atoms with Crippen molar-refractivity contribution >= 4 is 15.7 Å². The molecule has 232 valence electrons. The second kappa shape index (κ2) is 13.7. The Kier molecular flexibility index (Phi) is 10.0. The van der Waals surface area contributed by atoms with Crippen LogP contribution >= 0.6 is 0 Å². The molecule has 0 unspecified atom stereocenters. The number of carbonyl (C=O) groups excluding carboxylic acids is 1. The molecule has 4 aromatic rings. The molecular weight excluding hydrogens is 608 g/mol. The van der Waals surface area contributed by atoms with E-state index >= 15 is 0 Å². The van der Waals surface area contributed by atoms with E-state index in [0.717, 1.165) is 11.6 Å². The van der Waals surface area contributed by atoms with Gasteiger partial charge in [0.15, 0.2) is 9.84 Å². The molecule has 0 radical (unpaired) electrons. The summed E-state index contributed by atoms with van der Waals surface area (Å²) in [5.74, 6) is -2.77. The maximum atomic E-state index is 14.0. The molecule has 7 nitrogen and oxygen atoms in total. The number of sulfone groups is 1. The maximum absolute atomic E-state index is 14.0. The van der Waals surface area contributed by atoms with E-state index < -0.39 is 51.5 Å². The molecule has 0 aliphatic carbocycles. The van der Waals surface area contributed by atoms with Crippen LogP contribution in [0.15, 0.2) is 104 Å². The van der Waals surface area contributed by atoms with Crippen LogP contribution in [0, 0.1) is 17.1 Å². The molecule has 0 fully saturated rings. The van der Waals surface area contributed by atoms with Gasteiger partial charge in [0.25, 0.3) is 0 Å². The number of alkyl halides is 3. The van der Waals surface area contributed by atoms with Crippen LogP contribution in [0.3, 0.4) is 0 Å². The minimum atomic E-state index is -4.98. The predicted octanol–water partition coefficient (Wildman–Crippen LogP) is 6.47. The van der Waals surface area contributed by atoms with Crippen molar-refractivity contribution in [3.05, 3.63) is 133 Å². The van der Waals surface area contributed by atoms with Crippen LogP contribution < -0.4 is 0 Å². The van der Waals surface area contributed by atoms with Crippen LogP contribution in [0.5, 0.6) is 0 Å². The summed E-state index contributed by atoms with van der Waals surface area (Å²) in [7, 11) is -3.70. The second-order valence-electron chi connectivity index (χ2n) is 10.0. The molecule has 1 amide bonds. The van der Waals surface area contributed by atoms with E-state index in [4.69, 9.17) is 4.98 Å². The van der Waals surface area contributed by atoms with E-state index in [1.54, 1.807) is 35.0 Å². The summed E-state index contributed by atoms with van der Waals surface area (Å²) in [4.78, 5) is 19.8. The average Bonchev–Trinajstić information content (AvgIpc) is 3.45. The molecule has 12 heteroatoms. The largest absolute Gasteiger partial charge is 0.419 e. The Labute approximate surface area is 258 Å². The summed E-state index contributed by atoms with van der Waals surface area (Å²) in [6.07, 6.45) is -1.24. The summed E-state index contributed by atoms with van der Waals surface area (Å²) in [5.41, 5.74) is 0.609. The number of carbonyl (C=O) groups is 1. The quantitative estimate of drug-likeness (QED) is 0.131. The third-order valence-corrected chi connectivity index (χ3v) is 8.48. The third-order valence-electron chi connectivity index (χ3n) is 6.93. The first-order valence-electron chi connectivity index (χ1n) is 13.6. The van der Waals surface area contributed by atoms with Gasteiger partial charge in [-0.05, 0) is 42.0 Å². The number of nitrogens with zero attached hydrogens (tertiary/aromatic N) is 4. The van der Waals surface area contributed by atoms with Gasteiger partial charge in [0.05, 0.1) is 40.8 Å². The normalized spacial score (nSPS) is 12.2. The van der Waals surface area contributed by atoms with Crippen molar-refractivity contribution in [1.82, 2.24) is 14.5 Å². The van der Waals surface area contributed by atoms with Gasteiger partial charge in [-0.2, -0.15) is 18.4 Å². The Morgan fingerprint density at radius 1 is 1.07 bits per heavy atom. The van der Waals surface area contributed by atoms with Crippen molar-refractivity contribution in [3.63, 3.8) is 0 Å². The van der Waals surface area contributed by atoms with Crippen molar-refractivity contribution in [1.29, 1.82) is 5.26 Å². The first-order valence-corrected chi connectivity index (χ1v) is 15.4. The molecule has 1 aromatic heterocycles. The first-order chi connectivity index (χ1) is 21.4. The standard InChI is InChI=1S/C33H28F4N4O3S/c1-3-17-45(43,44)18-16-40(31(42)20-24-12-15-28(34)27(19-24)33(35,36)37)30(4-2)32-39-29(25-8-6-5-7-9-25)22-41(32)26-13-10-23(21-38)11-14-26/h3-15,19,22,30H,1-2,16-18,20H2/t30-/m1/s1. The Morgan fingerprint density at radius 2 is 1.76 bits per heavy atom. The molecule has 0 saturated carbocycles. The molecule has 0 aliphatic heterocycles. The lowest BCUT2D eigenvalue weighted by Gasteiger charge is -2.30. The van der Waals surface area contributed by atoms with E-state index in [1.165, 1.54) is 17.1 Å². The fourth-order valence-electron chi connectivity index (χ4n) is 4.72. The Hall–Kier alpha value is -5.02. The topological polar surface area (TPSA) is 96.1 Å². The van der Waals surface area contributed by atoms with Crippen molar-refractivity contribution in [3.8, 4) is 23.0 Å². The van der Waals surface area contributed by atoms with Crippen molar-refractivity contribution in [2.45, 2.75) is 18.6 Å². The zero-order valence-electron chi connectivity index (χ0n) is 23.9. The highest BCUT2D eigenvalue weighted by Gasteiger charge is 2.35. The van der Waals surface area contributed by atoms with Gasteiger partial charge in [0, 0.05) is 24.0 Å². The summed E-state index contributed by atoms with van der Waals surface area (Å²) in [5, 5.41) is 9.26. The van der Waals surface area contributed by atoms with Crippen LogP contribution in [0.2, 0.25) is 0 Å². The minimum absolute atomic E-state index is 0.115. The zero-order chi connectivity index (χ0) is 32.8. The van der Waals surface area contributed by atoms with E-state index in [1.807, 2.05) is 36.4 Å². The van der Waals surface area contributed by atoms with Crippen molar-refractivity contribution in [2.24, 2.45) is 0 Å². The highest BCUT2D eigenvalue weighted by molar-refractivity contribution is 7.91. The molecule has 3 aromatic carbocycles. The molecule has 4 rings (SSSR count). The fraction of sp³-hybridized carbons (Fsp3) is 0.182. The lowest BCUT2D eigenvalue weighted by molar-refractivity contribution is -0.140. The molecule has 45 heavy (non-hydrogen) atoms. The van der Waals surface area contributed by atoms with Crippen molar-refractivity contribution in [2.75, 3.05) is 18.1 Å². The van der Waals surface area contributed by atoms with Crippen LogP contribution in [-0.4, -0.2) is 46.8 Å². The van der Waals surface area contributed by atoms with Gasteiger partial charge in [0.1, 0.15) is 17.7 Å². The summed E-state index contributed by atoms with van der Waals surface area (Å²) in [6, 6.07) is 19.0. The highest BCUT2D eigenvalue weighted by Crippen LogP contribution is 2.33. The van der Waals surface area contributed by atoms with Gasteiger partial charge in [0.2, 0.25) is 5.91 Å². The monoisotopic (exact) mass is 636 g/mol. The number of hydrogen-bond donors (Lipinski definition) is 0. The molecule has 1 atom stereocenters. The van der Waals surface area contributed by atoms with Gasteiger partial charge in [-0.1, -0.05) is 48.6 Å². The fourth-order valence-corrected chi connectivity index (χ4v) is 5.72. The zero-order valence-corrected chi connectivity index (χ0v) is 24.7. The van der Waals surface area contributed by atoms with E-state index in [0.29, 0.717) is 29.1 Å². The molecule has 0 saturated heterocycles. The number of benzene rings is 3. The van der Waals surface area contributed by atoms with E-state index in [-0.39, 0.29) is 23.7 Å². The molecule has 0 aliphatic rings. The van der Waals surface area contributed by atoms with Gasteiger partial charge in [-0.25, -0.2) is 17.8 Å². The summed E-state index contributed by atoms with van der Waals surface area (Å²) in [6.45, 7) is 6.98. The molecule has 0 N–H and O–H groups in total. The summed E-state index contributed by atoms with van der Waals surface area (Å²) >= 11 is 0. The Morgan fingerprint density at radius 3 is 2.36 bits per heavy atom.